The van der Waals surface area contributed by atoms with Crippen molar-refractivity contribution in [3.05, 3.63) is 42.5 Å². The van der Waals surface area contributed by atoms with Crippen LogP contribution in [-0.4, -0.2) is 36.5 Å². The van der Waals surface area contributed by atoms with Crippen LogP contribution in [0.5, 0.6) is 0 Å². The lowest BCUT2D eigenvalue weighted by atomic mass is 10.4. The summed E-state index contributed by atoms with van der Waals surface area (Å²) in [6.45, 7) is 2.52. The molecule has 0 amide bonds. The average Bonchev–Trinajstić information content (AvgIpc) is 2.46. The molecule has 0 spiro atoms. The summed E-state index contributed by atoms with van der Waals surface area (Å²) in [6.07, 6.45) is 6.21. The first-order valence-corrected chi connectivity index (χ1v) is 7.48. The molecule has 2 aromatic heterocycles. The summed E-state index contributed by atoms with van der Waals surface area (Å²) < 4.78 is 26.2. The standard InChI is InChI=1S/C12H15N5O2S/c1-10-7-15-12(16-8-10)14-5-6-17-20(18,19)11-3-2-4-13-9-11/h2-4,7-9,17H,5-6H2,1H3,(H,14,15,16). The number of hydrogen-bond donors (Lipinski definition) is 2. The lowest BCUT2D eigenvalue weighted by Crippen LogP contribution is -2.29. The van der Waals surface area contributed by atoms with E-state index in [-0.39, 0.29) is 11.4 Å². The van der Waals surface area contributed by atoms with Crippen LogP contribution in [-0.2, 0) is 10.0 Å². The van der Waals surface area contributed by atoms with Crippen LogP contribution in [0.3, 0.4) is 0 Å². The van der Waals surface area contributed by atoms with E-state index >= 15 is 0 Å². The molecule has 0 aliphatic carbocycles. The number of anilines is 1. The molecule has 2 aromatic rings. The van der Waals surface area contributed by atoms with E-state index in [1.165, 1.54) is 18.5 Å². The summed E-state index contributed by atoms with van der Waals surface area (Å²) in [6, 6.07) is 3.07. The normalized spacial score (nSPS) is 11.2. The highest BCUT2D eigenvalue weighted by atomic mass is 32.2. The van der Waals surface area contributed by atoms with Gasteiger partial charge in [0.15, 0.2) is 0 Å². The highest BCUT2D eigenvalue weighted by Crippen LogP contribution is 2.04. The molecule has 0 bridgehead atoms. The van der Waals surface area contributed by atoms with E-state index in [9.17, 15) is 8.42 Å². The maximum absolute atomic E-state index is 11.9. The number of nitrogens with one attached hydrogen (secondary N) is 2. The fourth-order valence-corrected chi connectivity index (χ4v) is 2.43. The second-order valence-electron chi connectivity index (χ2n) is 4.10. The Morgan fingerprint density at radius 3 is 2.55 bits per heavy atom. The van der Waals surface area contributed by atoms with Gasteiger partial charge in [-0.1, -0.05) is 0 Å². The van der Waals surface area contributed by atoms with Gasteiger partial charge in [-0.05, 0) is 24.6 Å². The largest absolute Gasteiger partial charge is 0.353 e. The van der Waals surface area contributed by atoms with Gasteiger partial charge < -0.3 is 5.32 Å². The smallest absolute Gasteiger partial charge is 0.242 e. The molecule has 0 fully saturated rings. The second kappa shape index (κ2) is 6.40. The van der Waals surface area contributed by atoms with Crippen LogP contribution in [0.1, 0.15) is 5.56 Å². The van der Waals surface area contributed by atoms with Crippen molar-refractivity contribution in [1.29, 1.82) is 0 Å². The minimum atomic E-state index is -3.51. The zero-order chi connectivity index (χ0) is 14.4. The molecular weight excluding hydrogens is 278 g/mol. The van der Waals surface area contributed by atoms with Crippen LogP contribution in [0.25, 0.3) is 0 Å². The Morgan fingerprint density at radius 1 is 1.15 bits per heavy atom. The molecule has 7 nitrogen and oxygen atoms in total. The van der Waals surface area contributed by atoms with E-state index in [0.717, 1.165) is 5.56 Å². The summed E-state index contributed by atoms with van der Waals surface area (Å²) in [5.41, 5.74) is 0.966. The van der Waals surface area contributed by atoms with Gasteiger partial charge in [0.1, 0.15) is 4.90 Å². The minimum Gasteiger partial charge on any atom is -0.353 e. The molecule has 2 rings (SSSR count). The summed E-state index contributed by atoms with van der Waals surface area (Å²) in [4.78, 5) is 12.0. The van der Waals surface area contributed by atoms with Crippen LogP contribution < -0.4 is 10.0 Å². The molecule has 0 aromatic carbocycles. The Bertz CT molecular complexity index is 643. The number of aryl methyl sites for hydroxylation is 1. The lowest BCUT2D eigenvalue weighted by molar-refractivity contribution is 0.582. The van der Waals surface area contributed by atoms with Crippen LogP contribution >= 0.6 is 0 Å². The quantitative estimate of drug-likeness (QED) is 0.756. The molecule has 8 heteroatoms. The van der Waals surface area contributed by atoms with Gasteiger partial charge in [-0.25, -0.2) is 23.1 Å². The van der Waals surface area contributed by atoms with E-state index < -0.39 is 10.0 Å². The highest BCUT2D eigenvalue weighted by molar-refractivity contribution is 7.89. The van der Waals surface area contributed by atoms with Crippen LogP contribution in [0.2, 0.25) is 0 Å². The van der Waals surface area contributed by atoms with Crippen molar-refractivity contribution in [3.8, 4) is 0 Å². The minimum absolute atomic E-state index is 0.145. The second-order valence-corrected chi connectivity index (χ2v) is 5.86. The first-order chi connectivity index (χ1) is 9.58. The van der Waals surface area contributed by atoms with Gasteiger partial charge in [0, 0.05) is 37.9 Å². The number of nitrogens with zero attached hydrogens (tertiary/aromatic N) is 3. The number of sulfonamides is 1. The third-order valence-corrected chi connectivity index (χ3v) is 3.87. The van der Waals surface area contributed by atoms with E-state index in [1.54, 1.807) is 18.5 Å². The molecule has 2 N–H and O–H groups in total. The number of pyridine rings is 1. The zero-order valence-corrected chi connectivity index (χ0v) is 11.8. The molecular formula is C12H15N5O2S. The van der Waals surface area contributed by atoms with Gasteiger partial charge in [0.25, 0.3) is 0 Å². The molecule has 2 heterocycles. The van der Waals surface area contributed by atoms with Crippen molar-refractivity contribution >= 4 is 16.0 Å². The van der Waals surface area contributed by atoms with Crippen molar-refractivity contribution in [2.75, 3.05) is 18.4 Å². The van der Waals surface area contributed by atoms with Gasteiger partial charge in [0.05, 0.1) is 0 Å². The summed E-state index contributed by atoms with van der Waals surface area (Å²) in [5, 5.41) is 2.93. The monoisotopic (exact) mass is 293 g/mol. The SMILES string of the molecule is Cc1cnc(NCCNS(=O)(=O)c2cccnc2)nc1. The highest BCUT2D eigenvalue weighted by Gasteiger charge is 2.12. The average molecular weight is 293 g/mol. The summed E-state index contributed by atoms with van der Waals surface area (Å²) >= 11 is 0. The molecule has 0 atom stereocenters. The molecule has 0 aliphatic heterocycles. The predicted octanol–water partition coefficient (Wildman–Crippen LogP) is 0.570. The maximum Gasteiger partial charge on any atom is 0.242 e. The van der Waals surface area contributed by atoms with Crippen molar-refractivity contribution in [2.45, 2.75) is 11.8 Å². The van der Waals surface area contributed by atoms with Crippen LogP contribution in [0, 0.1) is 6.92 Å². The first-order valence-electron chi connectivity index (χ1n) is 6.00. The fraction of sp³-hybridized carbons (Fsp3) is 0.250. The molecule has 106 valence electrons. The molecule has 20 heavy (non-hydrogen) atoms. The van der Waals surface area contributed by atoms with Crippen LogP contribution in [0.15, 0.2) is 41.8 Å². The van der Waals surface area contributed by atoms with Crippen LogP contribution in [0.4, 0.5) is 5.95 Å². The van der Waals surface area contributed by atoms with Gasteiger partial charge in [0.2, 0.25) is 16.0 Å². The molecule has 0 unspecified atom stereocenters. The zero-order valence-electron chi connectivity index (χ0n) is 10.9. The lowest BCUT2D eigenvalue weighted by Gasteiger charge is -2.07. The van der Waals surface area contributed by atoms with E-state index in [0.29, 0.717) is 12.5 Å². The van der Waals surface area contributed by atoms with Gasteiger partial charge in [-0.15, -0.1) is 0 Å². The number of hydrogen-bond acceptors (Lipinski definition) is 6. The molecule has 0 saturated heterocycles. The third kappa shape index (κ3) is 3.97. The van der Waals surface area contributed by atoms with Crippen molar-refractivity contribution in [1.82, 2.24) is 19.7 Å². The third-order valence-electron chi connectivity index (χ3n) is 2.43. The molecule has 0 radical (unpaired) electrons. The number of aromatic nitrogens is 3. The van der Waals surface area contributed by atoms with E-state index in [4.69, 9.17) is 0 Å². The fourth-order valence-electron chi connectivity index (χ4n) is 1.43. The van der Waals surface area contributed by atoms with E-state index in [1.807, 2.05) is 6.92 Å². The molecule has 0 saturated carbocycles. The van der Waals surface area contributed by atoms with Gasteiger partial charge in [-0.2, -0.15) is 0 Å². The van der Waals surface area contributed by atoms with Crippen molar-refractivity contribution < 1.29 is 8.42 Å². The summed E-state index contributed by atoms with van der Waals surface area (Å²) in [5.74, 6) is 0.469. The number of rotatable bonds is 6. The Hall–Kier alpha value is -2.06. The van der Waals surface area contributed by atoms with Gasteiger partial charge >= 0.3 is 0 Å². The topological polar surface area (TPSA) is 96.9 Å². The Morgan fingerprint density at radius 2 is 1.90 bits per heavy atom. The Kier molecular flexibility index (Phi) is 4.59. The Balaban J connectivity index is 1.83. The summed E-state index contributed by atoms with van der Waals surface area (Å²) in [7, 11) is -3.51. The van der Waals surface area contributed by atoms with Crippen molar-refractivity contribution in [2.24, 2.45) is 0 Å². The maximum atomic E-state index is 11.9. The predicted molar refractivity (Wildman–Crippen MR) is 74.7 cm³/mol. The Labute approximate surface area is 117 Å². The van der Waals surface area contributed by atoms with Gasteiger partial charge in [-0.3, -0.25) is 4.98 Å². The van der Waals surface area contributed by atoms with Crippen molar-refractivity contribution in [3.63, 3.8) is 0 Å². The first kappa shape index (κ1) is 14.4. The molecule has 0 aliphatic rings. The van der Waals surface area contributed by atoms with E-state index in [2.05, 4.69) is 25.0 Å².